The molecule has 2 nitrogen and oxygen atoms in total. The first kappa shape index (κ1) is 15.7. The van der Waals surface area contributed by atoms with Crippen LogP contribution in [0.15, 0.2) is 24.3 Å². The fourth-order valence-corrected chi connectivity index (χ4v) is 4.16. The molecule has 1 heterocycles. The van der Waals surface area contributed by atoms with Gasteiger partial charge >= 0.3 is 0 Å². The maximum atomic E-state index is 3.53. The summed E-state index contributed by atoms with van der Waals surface area (Å²) in [6.07, 6.45) is 2.66. The Bertz CT molecular complexity index is 402. The first-order chi connectivity index (χ1) is 9.50. The van der Waals surface area contributed by atoms with E-state index >= 15 is 0 Å². The lowest BCUT2D eigenvalue weighted by Gasteiger charge is -2.34. The van der Waals surface area contributed by atoms with Crippen LogP contribution >= 0.6 is 0 Å². The summed E-state index contributed by atoms with van der Waals surface area (Å²) >= 11 is 0. The highest BCUT2D eigenvalue weighted by Crippen LogP contribution is 2.14. The van der Waals surface area contributed by atoms with Gasteiger partial charge in [0.05, 0.1) is 8.07 Å². The molecule has 0 bridgehead atoms. The van der Waals surface area contributed by atoms with Crippen molar-refractivity contribution in [1.82, 2.24) is 10.2 Å². The van der Waals surface area contributed by atoms with E-state index in [1.54, 1.807) is 5.19 Å². The van der Waals surface area contributed by atoms with E-state index in [2.05, 4.69) is 61.0 Å². The van der Waals surface area contributed by atoms with Gasteiger partial charge in [-0.15, -0.1) is 0 Å². The van der Waals surface area contributed by atoms with Gasteiger partial charge in [-0.3, -0.25) is 4.90 Å². The monoisotopic (exact) mass is 290 g/mol. The van der Waals surface area contributed by atoms with Crippen molar-refractivity contribution < 1.29 is 0 Å². The average Bonchev–Trinajstić information content (AvgIpc) is 2.45. The summed E-state index contributed by atoms with van der Waals surface area (Å²) in [4.78, 5) is 2.62. The second-order valence-electron chi connectivity index (χ2n) is 7.01. The van der Waals surface area contributed by atoms with Crippen molar-refractivity contribution in [2.24, 2.45) is 0 Å². The largest absolute Gasteiger partial charge is 0.315 e. The molecule has 1 N–H and O–H groups in total. The predicted octanol–water partition coefficient (Wildman–Crippen LogP) is 2.81. The van der Waals surface area contributed by atoms with Gasteiger partial charge in [0.2, 0.25) is 0 Å². The first-order valence-corrected chi connectivity index (χ1v) is 11.5. The minimum atomic E-state index is -1.16. The van der Waals surface area contributed by atoms with E-state index in [9.17, 15) is 0 Å². The van der Waals surface area contributed by atoms with Crippen LogP contribution in [0.1, 0.15) is 25.3 Å². The lowest BCUT2D eigenvalue weighted by atomic mass is 10.0. The molecule has 1 aromatic carbocycles. The summed E-state index contributed by atoms with van der Waals surface area (Å²) in [6, 6.07) is 10.1. The van der Waals surface area contributed by atoms with Crippen molar-refractivity contribution in [1.29, 1.82) is 0 Å². The number of rotatable bonds is 5. The van der Waals surface area contributed by atoms with Crippen LogP contribution in [-0.2, 0) is 6.54 Å². The van der Waals surface area contributed by atoms with Gasteiger partial charge in [0.1, 0.15) is 0 Å². The summed E-state index contributed by atoms with van der Waals surface area (Å²) < 4.78 is 0. The van der Waals surface area contributed by atoms with Crippen LogP contribution in [0, 0.1) is 0 Å². The van der Waals surface area contributed by atoms with Gasteiger partial charge in [-0.2, -0.15) is 0 Å². The Balaban J connectivity index is 2.00. The third-order valence-corrected chi connectivity index (χ3v) is 6.46. The molecule has 0 aromatic heterocycles. The highest BCUT2D eigenvalue weighted by atomic mass is 28.3. The lowest BCUT2D eigenvalue weighted by molar-refractivity contribution is 0.166. The zero-order valence-electron chi connectivity index (χ0n) is 13.6. The predicted molar refractivity (Wildman–Crippen MR) is 91.4 cm³/mol. The second-order valence-corrected chi connectivity index (χ2v) is 12.1. The van der Waals surface area contributed by atoms with Crippen LogP contribution in [0.5, 0.6) is 0 Å². The van der Waals surface area contributed by atoms with E-state index in [0.717, 1.165) is 19.6 Å². The molecule has 0 radical (unpaired) electrons. The molecule has 0 amide bonds. The van der Waals surface area contributed by atoms with Crippen molar-refractivity contribution in [3.63, 3.8) is 0 Å². The Morgan fingerprint density at radius 2 is 1.90 bits per heavy atom. The van der Waals surface area contributed by atoms with Crippen LogP contribution in [0.3, 0.4) is 0 Å². The van der Waals surface area contributed by atoms with Crippen LogP contribution in [0.4, 0.5) is 0 Å². The molecule has 0 aliphatic carbocycles. The average molecular weight is 291 g/mol. The van der Waals surface area contributed by atoms with Crippen LogP contribution in [0.25, 0.3) is 0 Å². The molecule has 0 saturated carbocycles. The maximum Gasteiger partial charge on any atom is 0.0775 e. The number of hydrogen-bond donors (Lipinski definition) is 1. The third-order valence-electron chi connectivity index (χ3n) is 4.40. The summed E-state index contributed by atoms with van der Waals surface area (Å²) in [7, 11) is -1.16. The summed E-state index contributed by atoms with van der Waals surface area (Å²) in [5.41, 5.74) is 1.46. The SMILES string of the molecule is CCN(Cc1ccc([Si](C)(C)C)cc1)C1CCCNC1. The van der Waals surface area contributed by atoms with Crippen molar-refractivity contribution >= 4 is 13.3 Å². The van der Waals surface area contributed by atoms with Gasteiger partial charge in [-0.25, -0.2) is 0 Å². The molecule has 1 atom stereocenters. The molecule has 1 aromatic rings. The molecule has 20 heavy (non-hydrogen) atoms. The second kappa shape index (κ2) is 6.88. The lowest BCUT2D eigenvalue weighted by Crippen LogP contribution is -2.45. The van der Waals surface area contributed by atoms with Gasteiger partial charge in [0, 0.05) is 19.1 Å². The number of likely N-dealkylation sites (N-methyl/N-ethyl adjacent to an activating group) is 1. The first-order valence-electron chi connectivity index (χ1n) is 8.05. The Hall–Kier alpha value is -0.643. The highest BCUT2D eigenvalue weighted by molar-refractivity contribution is 6.88. The number of piperidine rings is 1. The Morgan fingerprint density at radius 1 is 1.20 bits per heavy atom. The molecule has 0 spiro atoms. The van der Waals surface area contributed by atoms with Crippen molar-refractivity contribution in [3.05, 3.63) is 29.8 Å². The fourth-order valence-electron chi connectivity index (χ4n) is 2.99. The van der Waals surface area contributed by atoms with E-state index < -0.39 is 8.07 Å². The molecular formula is C17H30N2Si. The Morgan fingerprint density at radius 3 is 2.40 bits per heavy atom. The molecule has 1 unspecified atom stereocenters. The smallest absolute Gasteiger partial charge is 0.0775 e. The van der Waals surface area contributed by atoms with Crippen LogP contribution < -0.4 is 10.5 Å². The van der Waals surface area contributed by atoms with Gasteiger partial charge in [-0.05, 0) is 31.5 Å². The van der Waals surface area contributed by atoms with Crippen LogP contribution in [0.2, 0.25) is 19.6 Å². The standard InChI is InChI=1S/C17H30N2Si/c1-5-19(16-7-6-12-18-13-16)14-15-8-10-17(11-9-15)20(2,3)4/h8-11,16,18H,5-7,12-14H2,1-4H3. The fraction of sp³-hybridized carbons (Fsp3) is 0.647. The van der Waals surface area contributed by atoms with Gasteiger partial charge in [0.25, 0.3) is 0 Å². The summed E-state index contributed by atoms with van der Waals surface area (Å²) in [6.45, 7) is 14.1. The molecule has 3 heteroatoms. The number of nitrogens with zero attached hydrogens (tertiary/aromatic N) is 1. The van der Waals surface area contributed by atoms with E-state index in [1.165, 1.54) is 24.9 Å². The van der Waals surface area contributed by atoms with Crippen LogP contribution in [-0.4, -0.2) is 38.6 Å². The molecule has 1 aliphatic rings. The zero-order valence-corrected chi connectivity index (χ0v) is 14.6. The number of hydrogen-bond acceptors (Lipinski definition) is 2. The Kier molecular flexibility index (Phi) is 5.41. The summed E-state index contributed by atoms with van der Waals surface area (Å²) in [5, 5.41) is 5.09. The number of benzene rings is 1. The molecule has 1 saturated heterocycles. The van der Waals surface area contributed by atoms with E-state index in [-0.39, 0.29) is 0 Å². The summed E-state index contributed by atoms with van der Waals surface area (Å²) in [5.74, 6) is 0. The minimum Gasteiger partial charge on any atom is -0.315 e. The topological polar surface area (TPSA) is 15.3 Å². The molecule has 1 aliphatic heterocycles. The Labute approximate surface area is 125 Å². The van der Waals surface area contributed by atoms with Crippen molar-refractivity contribution in [3.8, 4) is 0 Å². The van der Waals surface area contributed by atoms with E-state index in [0.29, 0.717) is 6.04 Å². The quantitative estimate of drug-likeness (QED) is 0.839. The molecular weight excluding hydrogens is 260 g/mol. The molecule has 112 valence electrons. The van der Waals surface area contributed by atoms with Crippen molar-refractivity contribution in [2.45, 2.75) is 52.0 Å². The van der Waals surface area contributed by atoms with E-state index in [1.807, 2.05) is 0 Å². The zero-order chi connectivity index (χ0) is 14.6. The minimum absolute atomic E-state index is 0.713. The van der Waals surface area contributed by atoms with E-state index in [4.69, 9.17) is 0 Å². The maximum absolute atomic E-state index is 3.53. The van der Waals surface area contributed by atoms with Gasteiger partial charge in [-0.1, -0.05) is 56.0 Å². The highest BCUT2D eigenvalue weighted by Gasteiger charge is 2.20. The normalized spacial score (nSPS) is 20.4. The van der Waals surface area contributed by atoms with Gasteiger partial charge < -0.3 is 5.32 Å². The number of nitrogens with one attached hydrogen (secondary N) is 1. The van der Waals surface area contributed by atoms with Crippen molar-refractivity contribution in [2.75, 3.05) is 19.6 Å². The third kappa shape index (κ3) is 4.17. The molecule has 1 fully saturated rings. The molecule has 2 rings (SSSR count). The van der Waals surface area contributed by atoms with Gasteiger partial charge in [0.15, 0.2) is 0 Å².